The number of ether oxygens (including phenoxy) is 2. The van der Waals surface area contributed by atoms with Crippen LogP contribution < -0.4 is 14.4 Å². The van der Waals surface area contributed by atoms with Crippen LogP contribution in [0.15, 0.2) is 24.3 Å². The van der Waals surface area contributed by atoms with Gasteiger partial charge in [-0.25, -0.2) is 22.0 Å². The number of carbonyl (C=O) groups is 2. The predicted octanol–water partition coefficient (Wildman–Crippen LogP) is 1.89. The number of hydrogen-bond donors (Lipinski definition) is 1. The second kappa shape index (κ2) is 10.6. The second-order valence-corrected chi connectivity index (χ2v) is 9.26. The van der Waals surface area contributed by atoms with Crippen LogP contribution in [0.4, 0.5) is 14.6 Å². The summed E-state index contributed by atoms with van der Waals surface area (Å²) in [5.41, 5.74) is -0.243. The molecule has 0 aliphatic carbocycles. The molecule has 0 spiro atoms. The zero-order chi connectivity index (χ0) is 25.8. The van der Waals surface area contributed by atoms with E-state index in [1.54, 1.807) is 18.7 Å². The summed E-state index contributed by atoms with van der Waals surface area (Å²) in [6.45, 7) is 3.72. The Bertz CT molecular complexity index is 1290. The number of esters is 1. The number of amides is 1. The smallest absolute Gasteiger partial charge is 0.343 e. The zero-order valence-electron chi connectivity index (χ0n) is 18.9. The number of nitrogens with zero attached hydrogens (tertiary/aromatic N) is 3. The Morgan fingerprint density at radius 3 is 2.54 bits per heavy atom. The van der Waals surface area contributed by atoms with Crippen molar-refractivity contribution in [3.05, 3.63) is 52.6 Å². The van der Waals surface area contributed by atoms with Crippen LogP contribution in [0.25, 0.3) is 0 Å². The molecule has 1 aromatic heterocycles. The first-order valence-electron chi connectivity index (χ1n) is 10.6. The fourth-order valence-corrected chi connectivity index (χ4v) is 4.53. The van der Waals surface area contributed by atoms with Crippen molar-refractivity contribution in [1.82, 2.24) is 9.71 Å². The van der Waals surface area contributed by atoms with Gasteiger partial charge in [-0.3, -0.25) is 9.52 Å². The number of aromatic nitrogens is 1. The minimum Gasteiger partial charge on any atom is -0.477 e. The van der Waals surface area contributed by atoms with E-state index in [4.69, 9.17) is 9.47 Å². The van der Waals surface area contributed by atoms with Gasteiger partial charge in [0, 0.05) is 24.7 Å². The van der Waals surface area contributed by atoms with Gasteiger partial charge in [0.15, 0.2) is 5.82 Å². The van der Waals surface area contributed by atoms with Gasteiger partial charge in [0.25, 0.3) is 0 Å². The lowest BCUT2D eigenvalue weighted by Gasteiger charge is -2.39. The van der Waals surface area contributed by atoms with E-state index in [0.29, 0.717) is 6.07 Å². The number of rotatable bonds is 9. The first-order chi connectivity index (χ1) is 16.6. The van der Waals surface area contributed by atoms with E-state index in [0.717, 1.165) is 12.1 Å². The highest BCUT2D eigenvalue weighted by molar-refractivity contribution is 7.89. The van der Waals surface area contributed by atoms with Crippen LogP contribution in [0.5, 0.6) is 5.88 Å². The van der Waals surface area contributed by atoms with E-state index in [2.05, 4.69) is 4.98 Å². The molecule has 13 heteroatoms. The molecule has 1 aromatic carbocycles. The first kappa shape index (κ1) is 25.8. The molecular formula is C22H22F2N4O6S. The van der Waals surface area contributed by atoms with Crippen molar-refractivity contribution in [1.29, 1.82) is 5.26 Å². The van der Waals surface area contributed by atoms with Crippen LogP contribution >= 0.6 is 0 Å². The third-order valence-electron chi connectivity index (χ3n) is 5.03. The minimum absolute atomic E-state index is 0.0112. The normalized spacial score (nSPS) is 13.5. The molecule has 1 amide bonds. The number of hydrogen-bond acceptors (Lipinski definition) is 9. The van der Waals surface area contributed by atoms with Gasteiger partial charge in [-0.05, 0) is 26.0 Å². The maximum absolute atomic E-state index is 13.8. The number of nitriles is 1. The molecule has 1 N–H and O–H groups in total. The topological polar surface area (TPSA) is 139 Å². The van der Waals surface area contributed by atoms with Crippen LogP contribution in [0.2, 0.25) is 0 Å². The molecule has 1 aliphatic rings. The van der Waals surface area contributed by atoms with Gasteiger partial charge in [0.2, 0.25) is 21.8 Å². The largest absolute Gasteiger partial charge is 0.477 e. The molecule has 0 bridgehead atoms. The molecule has 2 heterocycles. The molecule has 0 atom stereocenters. The standard InChI is InChI=1S/C22H22F2N4O6S/c1-3-33-21-17(22(30)34-4-2)7-14(9-25)19(26-21)28-10-15(11-28)20(29)27-35(31,32)12-13-5-6-16(23)8-18(13)24/h5-8,15H,3-4,10-12H2,1-2H3,(H,27,29). The SMILES string of the molecule is CCOC(=O)c1cc(C#N)c(N2CC(C(=O)NS(=O)(=O)Cc3ccc(F)cc3F)C2)nc1OCC. The minimum atomic E-state index is -4.24. The lowest BCUT2D eigenvalue weighted by molar-refractivity contribution is -0.123. The second-order valence-electron chi connectivity index (χ2n) is 7.54. The molecule has 0 radical (unpaired) electrons. The highest BCUT2D eigenvalue weighted by Gasteiger charge is 2.37. The van der Waals surface area contributed by atoms with E-state index < -0.39 is 45.2 Å². The van der Waals surface area contributed by atoms with Gasteiger partial charge < -0.3 is 14.4 Å². The van der Waals surface area contributed by atoms with E-state index in [1.165, 1.54) is 6.07 Å². The van der Waals surface area contributed by atoms with Crippen LogP contribution in [-0.4, -0.2) is 51.6 Å². The predicted molar refractivity (Wildman–Crippen MR) is 119 cm³/mol. The van der Waals surface area contributed by atoms with Crippen molar-refractivity contribution in [3.63, 3.8) is 0 Å². The molecule has 10 nitrogen and oxygen atoms in total. The molecule has 0 saturated carbocycles. The average molecular weight is 509 g/mol. The van der Waals surface area contributed by atoms with Gasteiger partial charge >= 0.3 is 5.97 Å². The Morgan fingerprint density at radius 2 is 1.94 bits per heavy atom. The Kier molecular flexibility index (Phi) is 7.85. The quantitative estimate of drug-likeness (QED) is 0.503. The number of benzene rings is 1. The summed E-state index contributed by atoms with van der Waals surface area (Å²) in [4.78, 5) is 30.5. The summed E-state index contributed by atoms with van der Waals surface area (Å²) in [6, 6.07) is 5.70. The summed E-state index contributed by atoms with van der Waals surface area (Å²) in [7, 11) is -4.24. The van der Waals surface area contributed by atoms with Crippen molar-refractivity contribution in [2.45, 2.75) is 19.6 Å². The van der Waals surface area contributed by atoms with Crippen LogP contribution in [-0.2, 0) is 25.3 Å². The third kappa shape index (κ3) is 6.02. The van der Waals surface area contributed by atoms with Gasteiger partial charge in [0.05, 0.1) is 30.4 Å². The summed E-state index contributed by atoms with van der Waals surface area (Å²) >= 11 is 0. The first-order valence-corrected chi connectivity index (χ1v) is 12.2. The van der Waals surface area contributed by atoms with E-state index in [9.17, 15) is 32.0 Å². The van der Waals surface area contributed by atoms with Crippen LogP contribution in [0.1, 0.15) is 35.3 Å². The number of nitrogens with one attached hydrogen (secondary N) is 1. The number of halogens is 2. The van der Waals surface area contributed by atoms with Gasteiger partial charge in [-0.1, -0.05) is 6.07 Å². The van der Waals surface area contributed by atoms with Crippen molar-refractivity contribution < 1.29 is 36.3 Å². The summed E-state index contributed by atoms with van der Waals surface area (Å²) in [5, 5.41) is 9.53. The molecule has 3 rings (SSSR count). The lowest BCUT2D eigenvalue weighted by atomic mass is 9.98. The number of carbonyl (C=O) groups excluding carboxylic acids is 2. The molecule has 1 saturated heterocycles. The molecule has 0 unspecified atom stereocenters. The van der Waals surface area contributed by atoms with Crippen molar-refractivity contribution in [3.8, 4) is 11.9 Å². The third-order valence-corrected chi connectivity index (χ3v) is 6.24. The molecule has 1 fully saturated rings. The molecule has 35 heavy (non-hydrogen) atoms. The highest BCUT2D eigenvalue weighted by atomic mass is 32.2. The van der Waals surface area contributed by atoms with E-state index in [-0.39, 0.29) is 54.7 Å². The lowest BCUT2D eigenvalue weighted by Crippen LogP contribution is -2.55. The fourth-order valence-electron chi connectivity index (χ4n) is 3.35. The van der Waals surface area contributed by atoms with Crippen molar-refractivity contribution in [2.75, 3.05) is 31.2 Å². The highest BCUT2D eigenvalue weighted by Crippen LogP contribution is 2.31. The Balaban J connectivity index is 1.70. The maximum atomic E-state index is 13.8. The van der Waals surface area contributed by atoms with Gasteiger partial charge in [-0.15, -0.1) is 0 Å². The Hall–Kier alpha value is -3.79. The Morgan fingerprint density at radius 1 is 1.23 bits per heavy atom. The fraction of sp³-hybridized carbons (Fsp3) is 0.364. The number of pyridine rings is 1. The van der Waals surface area contributed by atoms with Gasteiger partial charge in [0.1, 0.15) is 23.3 Å². The van der Waals surface area contributed by atoms with Crippen LogP contribution in [0.3, 0.4) is 0 Å². The molecule has 2 aromatic rings. The maximum Gasteiger partial charge on any atom is 0.343 e. The van der Waals surface area contributed by atoms with E-state index in [1.807, 2.05) is 10.8 Å². The number of sulfonamides is 1. The van der Waals surface area contributed by atoms with Crippen LogP contribution in [0, 0.1) is 28.9 Å². The average Bonchev–Trinajstić information content (AvgIpc) is 2.74. The van der Waals surface area contributed by atoms with Gasteiger partial charge in [-0.2, -0.15) is 10.2 Å². The zero-order valence-corrected chi connectivity index (χ0v) is 19.7. The monoisotopic (exact) mass is 508 g/mol. The summed E-state index contributed by atoms with van der Waals surface area (Å²) < 4.78 is 63.7. The Labute approximate surface area is 200 Å². The summed E-state index contributed by atoms with van der Waals surface area (Å²) in [6.07, 6.45) is 0. The van der Waals surface area contributed by atoms with Crippen molar-refractivity contribution >= 4 is 27.7 Å². The van der Waals surface area contributed by atoms with E-state index >= 15 is 0 Å². The van der Waals surface area contributed by atoms with Crippen molar-refractivity contribution in [2.24, 2.45) is 5.92 Å². The molecule has 186 valence electrons. The number of anilines is 1. The summed E-state index contributed by atoms with van der Waals surface area (Å²) in [5.74, 6) is -4.85. The molecular weight excluding hydrogens is 486 g/mol. The molecule has 1 aliphatic heterocycles.